The van der Waals surface area contributed by atoms with Gasteiger partial charge in [0.2, 0.25) is 5.91 Å². The molecule has 0 radical (unpaired) electrons. The van der Waals surface area contributed by atoms with Crippen molar-refractivity contribution < 1.29 is 9.59 Å². The molecule has 0 unspecified atom stereocenters. The average molecular weight is 416 g/mol. The van der Waals surface area contributed by atoms with E-state index >= 15 is 0 Å². The number of hydrogen-bond donors (Lipinski definition) is 1. The molecule has 4 rings (SSSR count). The quantitative estimate of drug-likeness (QED) is 0.653. The second kappa shape index (κ2) is 9.38. The summed E-state index contributed by atoms with van der Waals surface area (Å²) >= 11 is 1.44. The van der Waals surface area contributed by atoms with Gasteiger partial charge in [0.1, 0.15) is 10.7 Å². The summed E-state index contributed by atoms with van der Waals surface area (Å²) in [6.45, 7) is 1.02. The van der Waals surface area contributed by atoms with Gasteiger partial charge in [-0.1, -0.05) is 42.2 Å². The van der Waals surface area contributed by atoms with Crippen LogP contribution in [-0.2, 0) is 4.79 Å². The number of amides is 2. The Morgan fingerprint density at radius 2 is 1.90 bits per heavy atom. The van der Waals surface area contributed by atoms with Crippen LogP contribution < -0.4 is 10.2 Å². The Morgan fingerprint density at radius 1 is 1.10 bits per heavy atom. The Balaban J connectivity index is 1.31. The number of carbonyl (C=O) groups excluding carboxylic acids is 2. The largest absolute Gasteiger partial charge is 0.340 e. The minimum Gasteiger partial charge on any atom is -0.340 e. The van der Waals surface area contributed by atoms with Crippen molar-refractivity contribution >= 4 is 28.8 Å². The highest BCUT2D eigenvalue weighted by molar-refractivity contribution is 7.13. The van der Waals surface area contributed by atoms with E-state index in [9.17, 15) is 9.59 Å². The molecule has 0 bridgehead atoms. The number of aromatic nitrogens is 1. The third-order valence-corrected chi connectivity index (χ3v) is 5.72. The van der Waals surface area contributed by atoms with Crippen LogP contribution in [0.5, 0.6) is 0 Å². The van der Waals surface area contributed by atoms with E-state index in [-0.39, 0.29) is 18.4 Å². The number of thiazole rings is 1. The number of nitrogens with zero attached hydrogens (tertiary/aromatic N) is 2. The average Bonchev–Trinajstić information content (AvgIpc) is 3.29. The van der Waals surface area contributed by atoms with Crippen LogP contribution in [0.2, 0.25) is 0 Å². The van der Waals surface area contributed by atoms with E-state index in [0.29, 0.717) is 12.1 Å². The van der Waals surface area contributed by atoms with E-state index in [2.05, 4.69) is 22.1 Å². The second-order valence-corrected chi connectivity index (χ2v) is 7.80. The summed E-state index contributed by atoms with van der Waals surface area (Å²) in [5.41, 5.74) is 3.15. The summed E-state index contributed by atoms with van der Waals surface area (Å²) in [5, 5.41) is 5.36. The van der Waals surface area contributed by atoms with Crippen molar-refractivity contribution in [2.24, 2.45) is 0 Å². The van der Waals surface area contributed by atoms with E-state index in [1.807, 2.05) is 59.5 Å². The third kappa shape index (κ3) is 4.76. The molecule has 0 atom stereocenters. The first kappa shape index (κ1) is 19.9. The Labute approximate surface area is 179 Å². The smallest absolute Gasteiger partial charge is 0.271 e. The molecule has 2 amide bonds. The van der Waals surface area contributed by atoms with Crippen molar-refractivity contribution in [3.05, 3.63) is 71.2 Å². The second-order valence-electron chi connectivity index (χ2n) is 6.94. The summed E-state index contributed by atoms with van der Waals surface area (Å²) in [6.07, 6.45) is 2.63. The summed E-state index contributed by atoms with van der Waals surface area (Å²) in [4.78, 5) is 30.5. The van der Waals surface area contributed by atoms with E-state index in [4.69, 9.17) is 0 Å². The molecule has 0 spiro atoms. The monoisotopic (exact) mass is 415 g/mol. The van der Waals surface area contributed by atoms with Gasteiger partial charge in [-0.05, 0) is 37.1 Å². The van der Waals surface area contributed by atoms with Crippen LogP contribution in [0.3, 0.4) is 0 Å². The molecule has 3 aromatic rings. The number of anilines is 1. The van der Waals surface area contributed by atoms with Crippen LogP contribution in [0.1, 0.15) is 35.3 Å². The number of piperidine rings is 1. The molecule has 6 heteroatoms. The summed E-state index contributed by atoms with van der Waals surface area (Å²) in [5.74, 6) is 5.95. The summed E-state index contributed by atoms with van der Waals surface area (Å²) < 4.78 is 0. The topological polar surface area (TPSA) is 62.3 Å². The van der Waals surface area contributed by atoms with E-state index < -0.39 is 0 Å². The highest BCUT2D eigenvalue weighted by Gasteiger charge is 2.19. The van der Waals surface area contributed by atoms with Crippen LogP contribution in [0.15, 0.2) is 60.0 Å². The fourth-order valence-corrected chi connectivity index (χ4v) is 4.06. The molecule has 150 valence electrons. The van der Waals surface area contributed by atoms with Crippen molar-refractivity contribution in [1.82, 2.24) is 10.3 Å². The van der Waals surface area contributed by atoms with Gasteiger partial charge in [0.25, 0.3) is 5.91 Å². The molecule has 0 aliphatic carbocycles. The zero-order valence-corrected chi connectivity index (χ0v) is 17.2. The summed E-state index contributed by atoms with van der Waals surface area (Å²) in [6, 6.07) is 17.4. The maximum atomic E-state index is 12.3. The number of carbonyl (C=O) groups is 2. The standard InChI is InChI=1S/C24H21N3O2S/c28-22-10-4-5-16-27(22)20-13-11-18(12-14-20)7-6-15-25-23(29)21-17-30-24(26-21)19-8-2-1-3-9-19/h1-3,8-9,11-14,17H,4-5,10,15-16H2,(H,25,29). The van der Waals surface area contributed by atoms with Crippen LogP contribution in [0, 0.1) is 11.8 Å². The van der Waals surface area contributed by atoms with Crippen molar-refractivity contribution in [1.29, 1.82) is 0 Å². The number of nitrogens with one attached hydrogen (secondary N) is 1. The van der Waals surface area contributed by atoms with Gasteiger partial charge >= 0.3 is 0 Å². The highest BCUT2D eigenvalue weighted by atomic mass is 32.1. The molecule has 1 N–H and O–H groups in total. The zero-order chi connectivity index (χ0) is 20.8. The first-order chi connectivity index (χ1) is 14.7. The van der Waals surface area contributed by atoms with Gasteiger partial charge in [-0.25, -0.2) is 4.98 Å². The Hall–Kier alpha value is -3.43. The lowest BCUT2D eigenvalue weighted by molar-refractivity contribution is -0.119. The van der Waals surface area contributed by atoms with Gasteiger partial charge in [0.15, 0.2) is 0 Å². The SMILES string of the molecule is O=C(NCC#Cc1ccc(N2CCCCC2=O)cc1)c1csc(-c2ccccc2)n1. The molecule has 2 aromatic carbocycles. The maximum Gasteiger partial charge on any atom is 0.271 e. The van der Waals surface area contributed by atoms with E-state index in [1.165, 1.54) is 11.3 Å². The predicted molar refractivity (Wildman–Crippen MR) is 119 cm³/mol. The molecule has 1 aliphatic rings. The molecule has 1 aromatic heterocycles. The number of hydrogen-bond acceptors (Lipinski definition) is 4. The zero-order valence-electron chi connectivity index (χ0n) is 16.4. The minimum absolute atomic E-state index is 0.181. The fraction of sp³-hybridized carbons (Fsp3) is 0.208. The summed E-state index contributed by atoms with van der Waals surface area (Å²) in [7, 11) is 0. The third-order valence-electron chi connectivity index (χ3n) is 4.83. The van der Waals surface area contributed by atoms with Crippen LogP contribution in [0.25, 0.3) is 10.6 Å². The molecule has 2 heterocycles. The van der Waals surface area contributed by atoms with Crippen LogP contribution >= 0.6 is 11.3 Å². The van der Waals surface area contributed by atoms with Gasteiger partial charge in [-0.2, -0.15) is 0 Å². The number of benzene rings is 2. The lowest BCUT2D eigenvalue weighted by Crippen LogP contribution is -2.35. The van der Waals surface area contributed by atoms with Gasteiger partial charge in [0, 0.05) is 35.2 Å². The molecule has 1 aliphatic heterocycles. The molecule has 1 saturated heterocycles. The fourth-order valence-electron chi connectivity index (χ4n) is 3.26. The minimum atomic E-state index is -0.235. The number of rotatable bonds is 4. The van der Waals surface area contributed by atoms with E-state index in [1.54, 1.807) is 5.38 Å². The molecule has 0 saturated carbocycles. The highest BCUT2D eigenvalue weighted by Crippen LogP contribution is 2.23. The first-order valence-electron chi connectivity index (χ1n) is 9.89. The van der Waals surface area contributed by atoms with Crippen molar-refractivity contribution in [2.45, 2.75) is 19.3 Å². The molecular formula is C24H21N3O2S. The van der Waals surface area contributed by atoms with Crippen molar-refractivity contribution in [2.75, 3.05) is 18.0 Å². The normalized spacial score (nSPS) is 13.5. The molecule has 30 heavy (non-hydrogen) atoms. The van der Waals surface area contributed by atoms with Crippen LogP contribution in [-0.4, -0.2) is 29.9 Å². The van der Waals surface area contributed by atoms with Crippen molar-refractivity contribution in [3.63, 3.8) is 0 Å². The lowest BCUT2D eigenvalue weighted by Gasteiger charge is -2.26. The maximum absolute atomic E-state index is 12.3. The Morgan fingerprint density at radius 3 is 2.67 bits per heavy atom. The van der Waals surface area contributed by atoms with Crippen molar-refractivity contribution in [3.8, 4) is 22.4 Å². The molecular weight excluding hydrogens is 394 g/mol. The van der Waals surface area contributed by atoms with Crippen LogP contribution in [0.4, 0.5) is 5.69 Å². The van der Waals surface area contributed by atoms with E-state index in [0.717, 1.165) is 41.2 Å². The Kier molecular flexibility index (Phi) is 6.21. The predicted octanol–water partition coefficient (Wildman–Crippen LogP) is 4.11. The molecule has 1 fully saturated rings. The lowest BCUT2D eigenvalue weighted by atomic mass is 10.1. The van der Waals surface area contributed by atoms with Gasteiger partial charge < -0.3 is 10.2 Å². The van der Waals surface area contributed by atoms with Gasteiger partial charge in [-0.15, -0.1) is 11.3 Å². The first-order valence-corrected chi connectivity index (χ1v) is 10.8. The van der Waals surface area contributed by atoms with Gasteiger partial charge in [-0.3, -0.25) is 9.59 Å². The Bertz CT molecular complexity index is 1090. The van der Waals surface area contributed by atoms with Gasteiger partial charge in [0.05, 0.1) is 6.54 Å². The molecule has 5 nitrogen and oxygen atoms in total.